The Bertz CT molecular complexity index is 2460. The molecule has 52 heavy (non-hydrogen) atoms. The molecule has 0 atom stereocenters. The molecule has 0 saturated carbocycles. The molecule has 2 aromatic heterocycles. The first-order valence-corrected chi connectivity index (χ1v) is 18.3. The van der Waals surface area contributed by atoms with Crippen molar-refractivity contribution in [2.75, 3.05) is 0 Å². The maximum absolute atomic E-state index is 13.7. The Labute approximate surface area is 305 Å². The molecule has 0 radical (unpaired) electrons. The van der Waals surface area contributed by atoms with Gasteiger partial charge in [0.15, 0.2) is 0 Å². The van der Waals surface area contributed by atoms with Gasteiger partial charge in [-0.1, -0.05) is 97.1 Å². The second-order valence-corrected chi connectivity index (χ2v) is 14.9. The lowest BCUT2D eigenvalue weighted by Gasteiger charge is -2.07. The van der Waals surface area contributed by atoms with Crippen molar-refractivity contribution in [2.24, 2.45) is 0 Å². The molecule has 0 N–H and O–H groups in total. The van der Waals surface area contributed by atoms with E-state index in [-0.39, 0.29) is 0 Å². The summed E-state index contributed by atoms with van der Waals surface area (Å²) in [6.07, 6.45) is 0. The summed E-state index contributed by atoms with van der Waals surface area (Å²) in [5.74, 6) is -2.35. The van der Waals surface area contributed by atoms with Crippen LogP contribution in [0.25, 0.3) is 85.6 Å². The van der Waals surface area contributed by atoms with Gasteiger partial charge in [0.1, 0.15) is 23.3 Å². The molecule has 0 saturated heterocycles. The van der Waals surface area contributed by atoms with Crippen molar-refractivity contribution < 1.29 is 17.6 Å². The fourth-order valence-corrected chi connectivity index (χ4v) is 8.86. The van der Waals surface area contributed by atoms with Gasteiger partial charge in [0, 0.05) is 31.3 Å². The Kier molecular flexibility index (Phi) is 8.06. The van der Waals surface area contributed by atoms with Gasteiger partial charge < -0.3 is 0 Å². The van der Waals surface area contributed by atoms with Crippen LogP contribution in [0.3, 0.4) is 0 Å². The summed E-state index contributed by atoms with van der Waals surface area (Å²) in [6, 6.07) is 48.6. The number of halogens is 4. The van der Waals surface area contributed by atoms with Crippen LogP contribution in [-0.4, -0.2) is 0 Å². The van der Waals surface area contributed by atoms with Crippen molar-refractivity contribution in [2.45, 2.75) is 0 Å². The second-order valence-electron chi connectivity index (χ2n) is 12.8. The van der Waals surface area contributed by atoms with Gasteiger partial charge in [-0.25, -0.2) is 17.6 Å². The van der Waals surface area contributed by atoms with Crippen LogP contribution in [0, 0.1) is 23.3 Å². The standard InChI is InChI=1S/C46H26F4S2/c47-39-17-35(18-40(48)25-39)31-5-1-27(2-6-31)29-9-13-33(14-10-29)43-21-37-23-46-38(24-45(37)51-43)22-44(52-46)34-15-11-30(12-16-34)28-3-7-32(8-4-28)36-19-41(49)26-42(50)20-36/h1-26H. The molecule has 0 bridgehead atoms. The number of hydrogen-bond acceptors (Lipinski definition) is 2. The van der Waals surface area contributed by atoms with Gasteiger partial charge in [-0.15, -0.1) is 22.7 Å². The molecule has 0 aliphatic heterocycles. The maximum atomic E-state index is 13.7. The summed E-state index contributed by atoms with van der Waals surface area (Å²) in [7, 11) is 0. The number of rotatable bonds is 6. The molecule has 0 nitrogen and oxygen atoms in total. The third-order valence-electron chi connectivity index (χ3n) is 9.32. The van der Waals surface area contributed by atoms with Crippen molar-refractivity contribution in [1.82, 2.24) is 0 Å². The first-order chi connectivity index (χ1) is 25.3. The predicted molar refractivity (Wildman–Crippen MR) is 210 cm³/mol. The van der Waals surface area contributed by atoms with E-state index in [1.54, 1.807) is 22.7 Å². The van der Waals surface area contributed by atoms with Gasteiger partial charge in [0.25, 0.3) is 0 Å². The summed E-state index contributed by atoms with van der Waals surface area (Å²) in [5, 5.41) is 2.43. The highest BCUT2D eigenvalue weighted by Crippen LogP contribution is 2.41. The highest BCUT2D eigenvalue weighted by Gasteiger charge is 2.12. The molecule has 250 valence electrons. The average molecular weight is 719 g/mol. The zero-order valence-corrected chi connectivity index (χ0v) is 29.0. The number of fused-ring (bicyclic) bond motifs is 2. The molecule has 0 amide bonds. The molecule has 6 heteroatoms. The summed E-state index contributed by atoms with van der Waals surface area (Å²) in [5.41, 5.74) is 9.05. The van der Waals surface area contributed by atoms with Crippen LogP contribution in [0.4, 0.5) is 17.6 Å². The predicted octanol–water partition coefficient (Wildman–Crippen LogP) is 14.7. The molecule has 0 aliphatic carbocycles. The molecule has 0 spiro atoms. The largest absolute Gasteiger partial charge is 0.207 e. The Morgan fingerprint density at radius 3 is 0.788 bits per heavy atom. The Balaban J connectivity index is 0.912. The van der Waals surface area contributed by atoms with Crippen LogP contribution in [0.15, 0.2) is 158 Å². The van der Waals surface area contributed by atoms with Crippen molar-refractivity contribution in [3.63, 3.8) is 0 Å². The minimum atomic E-state index is -0.588. The van der Waals surface area contributed by atoms with E-state index in [0.29, 0.717) is 11.1 Å². The summed E-state index contributed by atoms with van der Waals surface area (Å²) in [4.78, 5) is 2.41. The normalized spacial score (nSPS) is 11.5. The highest BCUT2D eigenvalue weighted by atomic mass is 32.1. The van der Waals surface area contributed by atoms with Gasteiger partial charge in [0.05, 0.1) is 0 Å². The van der Waals surface area contributed by atoms with E-state index in [2.05, 4.69) is 72.8 Å². The van der Waals surface area contributed by atoms with Gasteiger partial charge in [-0.05, 0) is 115 Å². The molecule has 9 rings (SSSR count). The van der Waals surface area contributed by atoms with E-state index in [1.807, 2.05) is 48.5 Å². The minimum absolute atomic E-state index is 0.513. The average Bonchev–Trinajstić information content (AvgIpc) is 3.77. The van der Waals surface area contributed by atoms with E-state index < -0.39 is 23.3 Å². The summed E-state index contributed by atoms with van der Waals surface area (Å²) < 4.78 is 57.3. The molecular weight excluding hydrogens is 693 g/mol. The van der Waals surface area contributed by atoms with E-state index in [1.165, 1.54) is 54.2 Å². The lowest BCUT2D eigenvalue weighted by molar-refractivity contribution is 0.583. The van der Waals surface area contributed by atoms with E-state index >= 15 is 0 Å². The zero-order chi connectivity index (χ0) is 35.3. The van der Waals surface area contributed by atoms with Gasteiger partial charge in [-0.2, -0.15) is 0 Å². The Morgan fingerprint density at radius 1 is 0.250 bits per heavy atom. The first kappa shape index (κ1) is 32.1. The fourth-order valence-electron chi connectivity index (χ4n) is 6.66. The first-order valence-electron chi connectivity index (χ1n) is 16.6. The van der Waals surface area contributed by atoms with Crippen LogP contribution in [0.2, 0.25) is 0 Å². The number of thiophene rings is 2. The van der Waals surface area contributed by atoms with Crippen molar-refractivity contribution >= 4 is 42.8 Å². The van der Waals surface area contributed by atoms with E-state index in [9.17, 15) is 17.6 Å². The van der Waals surface area contributed by atoms with Crippen molar-refractivity contribution in [3.05, 3.63) is 181 Å². The Morgan fingerprint density at radius 2 is 0.500 bits per heavy atom. The lowest BCUT2D eigenvalue weighted by atomic mass is 9.99. The molecule has 7 aromatic carbocycles. The van der Waals surface area contributed by atoms with Gasteiger partial charge >= 0.3 is 0 Å². The van der Waals surface area contributed by atoms with Crippen LogP contribution in [0.1, 0.15) is 0 Å². The summed E-state index contributed by atoms with van der Waals surface area (Å²) in [6.45, 7) is 0. The highest BCUT2D eigenvalue weighted by molar-refractivity contribution is 7.23. The third-order valence-corrected chi connectivity index (χ3v) is 11.6. The van der Waals surface area contributed by atoms with E-state index in [4.69, 9.17) is 0 Å². The molecular formula is C46H26F4S2. The van der Waals surface area contributed by atoms with Crippen LogP contribution in [0.5, 0.6) is 0 Å². The summed E-state index contributed by atoms with van der Waals surface area (Å²) >= 11 is 3.56. The number of benzene rings is 7. The Hall–Kier alpha value is -5.82. The van der Waals surface area contributed by atoms with Gasteiger partial charge in [0.2, 0.25) is 0 Å². The van der Waals surface area contributed by atoms with Gasteiger partial charge in [-0.3, -0.25) is 0 Å². The van der Waals surface area contributed by atoms with E-state index in [0.717, 1.165) is 56.6 Å². The number of hydrogen-bond donors (Lipinski definition) is 0. The maximum Gasteiger partial charge on any atom is 0.126 e. The quantitative estimate of drug-likeness (QED) is 0.150. The SMILES string of the molecule is Fc1cc(F)cc(-c2ccc(-c3ccc(-c4cc5cc6sc(-c7ccc(-c8ccc(-c9cc(F)cc(F)c9)cc8)cc7)cc6cc5s4)cc3)cc2)c1. The second kappa shape index (κ2) is 13.1. The smallest absolute Gasteiger partial charge is 0.126 e. The van der Waals surface area contributed by atoms with Crippen LogP contribution < -0.4 is 0 Å². The minimum Gasteiger partial charge on any atom is -0.207 e. The topological polar surface area (TPSA) is 0 Å². The lowest BCUT2D eigenvalue weighted by Crippen LogP contribution is -1.85. The molecule has 9 aromatic rings. The zero-order valence-electron chi connectivity index (χ0n) is 27.3. The molecule has 0 unspecified atom stereocenters. The van der Waals surface area contributed by atoms with Crippen LogP contribution in [-0.2, 0) is 0 Å². The molecule has 2 heterocycles. The monoisotopic (exact) mass is 718 g/mol. The van der Waals surface area contributed by atoms with Crippen molar-refractivity contribution in [3.8, 4) is 65.4 Å². The fraction of sp³-hybridized carbons (Fsp3) is 0. The van der Waals surface area contributed by atoms with Crippen LogP contribution >= 0.6 is 22.7 Å². The van der Waals surface area contributed by atoms with Crippen molar-refractivity contribution in [1.29, 1.82) is 0 Å². The third kappa shape index (κ3) is 6.32. The molecule has 0 fully saturated rings. The molecule has 0 aliphatic rings.